The van der Waals surface area contributed by atoms with Crippen molar-refractivity contribution in [2.24, 2.45) is 0 Å². The molecule has 0 aliphatic rings. The highest BCUT2D eigenvalue weighted by Crippen LogP contribution is 2.05. The first-order valence-electron chi connectivity index (χ1n) is 6.14. The van der Waals surface area contributed by atoms with E-state index in [4.69, 9.17) is 0 Å². The van der Waals surface area contributed by atoms with Gasteiger partial charge in [-0.3, -0.25) is 16.0 Å². The van der Waals surface area contributed by atoms with Gasteiger partial charge in [-0.1, -0.05) is 20.8 Å². The van der Waals surface area contributed by atoms with Crippen LogP contribution in [0, 0.1) is 0 Å². The minimum absolute atomic E-state index is 0.0728. The molecule has 0 rings (SSSR count). The molecule has 0 fully saturated rings. The molecule has 4 N–H and O–H groups in total. The zero-order valence-electron chi connectivity index (χ0n) is 10.7. The Hall–Kier alpha value is 0.0569. The van der Waals surface area contributed by atoms with E-state index >= 15 is 0 Å². The molecular formula is C10H28N4Si. The monoisotopic (exact) mass is 232 g/mol. The molecule has 0 radical (unpaired) electrons. The van der Waals surface area contributed by atoms with E-state index in [1.807, 2.05) is 0 Å². The van der Waals surface area contributed by atoms with Gasteiger partial charge in [0.25, 0.3) is 0 Å². The van der Waals surface area contributed by atoms with Crippen LogP contribution in [0.25, 0.3) is 0 Å². The standard InChI is InChI=1S/C10H28N4Si/c1-4-11-10(12-5-2,13-6-3)8-7-9-14-15/h11-14H,4-9H2,1-3,15H3. The molecule has 0 spiro atoms. The summed E-state index contributed by atoms with van der Waals surface area (Å²) in [6, 6.07) is 0. The highest BCUT2D eigenvalue weighted by Gasteiger charge is 2.25. The highest BCUT2D eigenvalue weighted by atomic mass is 28.2. The van der Waals surface area contributed by atoms with Crippen LogP contribution in [0.1, 0.15) is 33.6 Å². The van der Waals surface area contributed by atoms with Gasteiger partial charge in [0.15, 0.2) is 0 Å². The van der Waals surface area contributed by atoms with Gasteiger partial charge in [0, 0.05) is 0 Å². The number of hydrogen-bond donors (Lipinski definition) is 4. The summed E-state index contributed by atoms with van der Waals surface area (Å²) in [5, 5.41) is 10.6. The van der Waals surface area contributed by atoms with Gasteiger partial charge in [-0.05, 0) is 39.0 Å². The number of hydrogen-bond acceptors (Lipinski definition) is 4. The molecule has 15 heavy (non-hydrogen) atoms. The first-order valence-corrected chi connectivity index (χ1v) is 7.14. The Balaban J connectivity index is 4.18. The molecule has 0 aliphatic carbocycles. The fourth-order valence-corrected chi connectivity index (χ4v) is 2.24. The quantitative estimate of drug-likeness (QED) is 0.224. The van der Waals surface area contributed by atoms with E-state index in [9.17, 15) is 0 Å². The van der Waals surface area contributed by atoms with Crippen molar-refractivity contribution in [2.75, 3.05) is 26.2 Å². The molecule has 0 aromatic rings. The molecule has 0 atom stereocenters. The van der Waals surface area contributed by atoms with Gasteiger partial charge in [0.05, 0.1) is 10.4 Å². The first-order chi connectivity index (χ1) is 7.24. The maximum Gasteiger partial charge on any atom is 0.123 e. The molecular weight excluding hydrogens is 204 g/mol. The average molecular weight is 232 g/mol. The summed E-state index contributed by atoms with van der Waals surface area (Å²) >= 11 is 0. The van der Waals surface area contributed by atoms with E-state index < -0.39 is 0 Å². The molecule has 0 aromatic heterocycles. The topological polar surface area (TPSA) is 48.1 Å². The molecule has 0 unspecified atom stereocenters. The first kappa shape index (κ1) is 15.1. The lowest BCUT2D eigenvalue weighted by Gasteiger charge is -2.36. The molecule has 0 bridgehead atoms. The van der Waals surface area contributed by atoms with Crippen LogP contribution in [0.2, 0.25) is 0 Å². The van der Waals surface area contributed by atoms with Crippen molar-refractivity contribution in [1.29, 1.82) is 0 Å². The molecule has 0 aromatic carbocycles. The predicted molar refractivity (Wildman–Crippen MR) is 70.9 cm³/mol. The van der Waals surface area contributed by atoms with E-state index in [1.165, 1.54) is 6.42 Å². The van der Waals surface area contributed by atoms with E-state index in [0.29, 0.717) is 0 Å². The Morgan fingerprint density at radius 1 is 0.933 bits per heavy atom. The van der Waals surface area contributed by atoms with Crippen molar-refractivity contribution in [3.05, 3.63) is 0 Å². The lowest BCUT2D eigenvalue weighted by atomic mass is 10.1. The predicted octanol–water partition coefficient (Wildman–Crippen LogP) is -0.881. The zero-order chi connectivity index (χ0) is 11.6. The zero-order valence-corrected chi connectivity index (χ0v) is 12.7. The van der Waals surface area contributed by atoms with Gasteiger partial charge in [0.1, 0.15) is 5.79 Å². The van der Waals surface area contributed by atoms with Crippen molar-refractivity contribution >= 4 is 10.4 Å². The fraction of sp³-hybridized carbons (Fsp3) is 1.00. The number of rotatable bonds is 10. The summed E-state index contributed by atoms with van der Waals surface area (Å²) in [5.74, 6) is -0.0728. The largest absolute Gasteiger partial charge is 0.345 e. The second-order valence-electron chi connectivity index (χ2n) is 3.70. The van der Waals surface area contributed by atoms with Crippen molar-refractivity contribution < 1.29 is 0 Å². The van der Waals surface area contributed by atoms with Crippen LogP contribution in [0.5, 0.6) is 0 Å². The highest BCUT2D eigenvalue weighted by molar-refractivity contribution is 6.04. The van der Waals surface area contributed by atoms with Crippen molar-refractivity contribution in [2.45, 2.75) is 39.4 Å². The summed E-state index contributed by atoms with van der Waals surface area (Å²) in [6.07, 6.45) is 2.30. The summed E-state index contributed by atoms with van der Waals surface area (Å²) in [5.41, 5.74) is 0. The Kier molecular flexibility index (Phi) is 9.33. The summed E-state index contributed by atoms with van der Waals surface area (Å²) in [7, 11) is 1.09. The molecule has 0 aliphatic heterocycles. The minimum atomic E-state index is -0.0728. The second kappa shape index (κ2) is 9.29. The van der Waals surface area contributed by atoms with Crippen molar-refractivity contribution in [3.8, 4) is 0 Å². The Bertz CT molecular complexity index is 126. The van der Waals surface area contributed by atoms with Crippen LogP contribution in [-0.4, -0.2) is 42.4 Å². The molecule has 5 heteroatoms. The fourth-order valence-electron chi connectivity index (χ4n) is 1.89. The Labute approximate surface area is 97.5 Å². The molecule has 0 heterocycles. The maximum atomic E-state index is 3.52. The minimum Gasteiger partial charge on any atom is -0.345 e. The summed E-state index contributed by atoms with van der Waals surface area (Å²) in [6.45, 7) is 10.5. The van der Waals surface area contributed by atoms with E-state index in [0.717, 1.165) is 43.0 Å². The van der Waals surface area contributed by atoms with Crippen LogP contribution in [0.4, 0.5) is 0 Å². The van der Waals surface area contributed by atoms with E-state index in [2.05, 4.69) is 41.7 Å². The molecule has 4 nitrogen and oxygen atoms in total. The smallest absolute Gasteiger partial charge is 0.123 e. The summed E-state index contributed by atoms with van der Waals surface area (Å²) < 4.78 is 0. The lowest BCUT2D eigenvalue weighted by molar-refractivity contribution is 0.189. The van der Waals surface area contributed by atoms with E-state index in [1.54, 1.807) is 0 Å². The molecule has 0 amide bonds. The normalized spacial score (nSPS) is 12.2. The third-order valence-electron chi connectivity index (χ3n) is 2.41. The van der Waals surface area contributed by atoms with Crippen LogP contribution in [0.3, 0.4) is 0 Å². The SMILES string of the molecule is CCNC(CCCN[SiH3])(NCC)NCC. The van der Waals surface area contributed by atoms with Crippen molar-refractivity contribution in [1.82, 2.24) is 20.9 Å². The Morgan fingerprint density at radius 2 is 1.40 bits per heavy atom. The van der Waals surface area contributed by atoms with Crippen molar-refractivity contribution in [3.63, 3.8) is 0 Å². The maximum absolute atomic E-state index is 3.52. The van der Waals surface area contributed by atoms with Crippen LogP contribution in [0.15, 0.2) is 0 Å². The van der Waals surface area contributed by atoms with Gasteiger partial charge in [-0.2, -0.15) is 0 Å². The third kappa shape index (κ3) is 6.27. The van der Waals surface area contributed by atoms with Gasteiger partial charge in [-0.25, -0.2) is 0 Å². The Morgan fingerprint density at radius 3 is 1.73 bits per heavy atom. The molecule has 92 valence electrons. The average Bonchev–Trinajstić information content (AvgIpc) is 2.19. The second-order valence-corrected chi connectivity index (χ2v) is 4.41. The molecule has 0 saturated heterocycles. The van der Waals surface area contributed by atoms with Gasteiger partial charge < -0.3 is 4.98 Å². The van der Waals surface area contributed by atoms with Gasteiger partial charge >= 0.3 is 0 Å². The van der Waals surface area contributed by atoms with Gasteiger partial charge in [-0.15, -0.1) is 0 Å². The lowest BCUT2D eigenvalue weighted by Crippen LogP contribution is -2.66. The van der Waals surface area contributed by atoms with Crippen LogP contribution >= 0.6 is 0 Å². The number of nitrogens with one attached hydrogen (secondary N) is 4. The van der Waals surface area contributed by atoms with Gasteiger partial charge in [0.2, 0.25) is 0 Å². The molecule has 0 saturated carbocycles. The van der Waals surface area contributed by atoms with Crippen LogP contribution < -0.4 is 20.9 Å². The van der Waals surface area contributed by atoms with E-state index in [-0.39, 0.29) is 5.79 Å². The summed E-state index contributed by atoms with van der Waals surface area (Å²) in [4.78, 5) is 3.32. The van der Waals surface area contributed by atoms with Crippen LogP contribution in [-0.2, 0) is 0 Å². The third-order valence-corrected chi connectivity index (χ3v) is 2.91.